The van der Waals surface area contributed by atoms with Crippen LogP contribution in [-0.2, 0) is 14.8 Å². The Bertz CT molecular complexity index is 1550. The number of primary amides is 1. The molecule has 4 rings (SSSR count). The summed E-state index contributed by atoms with van der Waals surface area (Å²) < 4.78 is 38.5. The van der Waals surface area contributed by atoms with E-state index in [1.807, 2.05) is 55.5 Å². The van der Waals surface area contributed by atoms with Gasteiger partial charge in [-0.05, 0) is 84.5 Å². The Kier molecular flexibility index (Phi) is 11.4. The van der Waals surface area contributed by atoms with Crippen LogP contribution in [0.2, 0.25) is 0 Å². The van der Waals surface area contributed by atoms with E-state index in [1.165, 1.54) is 6.42 Å². The highest BCUT2D eigenvalue weighted by Gasteiger charge is 2.23. The maximum absolute atomic E-state index is 13.6. The van der Waals surface area contributed by atoms with E-state index in [9.17, 15) is 23.1 Å². The number of sulfonamides is 1. The third kappa shape index (κ3) is 8.83. The zero-order valence-corrected chi connectivity index (χ0v) is 26.1. The molecule has 3 aromatic carbocycles. The summed E-state index contributed by atoms with van der Waals surface area (Å²) in [6.07, 6.45) is 4.70. The van der Waals surface area contributed by atoms with Gasteiger partial charge in [0.05, 0.1) is 11.9 Å². The minimum absolute atomic E-state index is 0.158. The normalized spacial score (nSPS) is 15.2. The molecular formula is C34H42N2O7S. The Hall–Kier alpha value is -3.89. The molecule has 236 valence electrons. The van der Waals surface area contributed by atoms with Gasteiger partial charge in [0.1, 0.15) is 18.5 Å². The number of amides is 2. The third-order valence-electron chi connectivity index (χ3n) is 7.90. The van der Waals surface area contributed by atoms with Crippen molar-refractivity contribution in [3.63, 3.8) is 0 Å². The van der Waals surface area contributed by atoms with Gasteiger partial charge in [-0.15, -0.1) is 0 Å². The molecule has 0 radical (unpaired) electrons. The lowest BCUT2D eigenvalue weighted by atomic mass is 9.85. The van der Waals surface area contributed by atoms with Gasteiger partial charge in [0.25, 0.3) is 5.91 Å². The van der Waals surface area contributed by atoms with Crippen LogP contribution in [-0.4, -0.2) is 44.0 Å². The van der Waals surface area contributed by atoms with Crippen molar-refractivity contribution >= 4 is 22.0 Å². The zero-order valence-electron chi connectivity index (χ0n) is 25.3. The van der Waals surface area contributed by atoms with Crippen molar-refractivity contribution in [1.82, 2.24) is 4.72 Å². The van der Waals surface area contributed by atoms with Crippen LogP contribution in [0.4, 0.5) is 4.79 Å². The summed E-state index contributed by atoms with van der Waals surface area (Å²) in [5, 5.41) is 10.5. The van der Waals surface area contributed by atoms with E-state index < -0.39 is 28.1 Å². The molecule has 0 aromatic heterocycles. The molecule has 2 atom stereocenters. The Morgan fingerprint density at radius 2 is 1.66 bits per heavy atom. The number of hydrogen-bond acceptors (Lipinski definition) is 7. The van der Waals surface area contributed by atoms with Gasteiger partial charge in [0, 0.05) is 11.5 Å². The molecule has 9 nitrogen and oxygen atoms in total. The number of carbonyl (C=O) groups is 2. The third-order valence-corrected chi connectivity index (χ3v) is 9.34. The fraction of sp³-hybridized carbons (Fsp3) is 0.412. The number of benzene rings is 3. The molecule has 0 bridgehead atoms. The molecule has 1 aliphatic carbocycles. The minimum Gasteiger partial charge on any atom is -0.490 e. The van der Waals surface area contributed by atoms with Crippen LogP contribution in [0.3, 0.4) is 0 Å². The largest absolute Gasteiger partial charge is 0.490 e. The van der Waals surface area contributed by atoms with Crippen molar-refractivity contribution < 1.29 is 32.6 Å². The molecule has 10 heteroatoms. The van der Waals surface area contributed by atoms with E-state index in [0.717, 1.165) is 42.4 Å². The van der Waals surface area contributed by atoms with E-state index in [1.54, 1.807) is 25.1 Å². The predicted octanol–water partition coefficient (Wildman–Crippen LogP) is 6.21. The monoisotopic (exact) mass is 622 g/mol. The van der Waals surface area contributed by atoms with Gasteiger partial charge in [-0.1, -0.05) is 68.8 Å². The van der Waals surface area contributed by atoms with Crippen LogP contribution >= 0.6 is 0 Å². The lowest BCUT2D eigenvalue weighted by molar-refractivity contribution is 0.0728. The van der Waals surface area contributed by atoms with E-state index in [4.69, 9.17) is 15.2 Å². The van der Waals surface area contributed by atoms with Crippen LogP contribution in [0.5, 0.6) is 5.75 Å². The molecule has 0 saturated heterocycles. The maximum Gasteiger partial charge on any atom is 0.404 e. The molecule has 1 fully saturated rings. The second-order valence-electron chi connectivity index (χ2n) is 11.2. The van der Waals surface area contributed by atoms with Gasteiger partial charge >= 0.3 is 6.09 Å². The van der Waals surface area contributed by atoms with Crippen molar-refractivity contribution in [2.75, 3.05) is 12.4 Å². The van der Waals surface area contributed by atoms with Gasteiger partial charge in [-0.2, -0.15) is 0 Å². The number of aliphatic hydroxyl groups is 1. The molecular weight excluding hydrogens is 580 g/mol. The molecule has 44 heavy (non-hydrogen) atoms. The highest BCUT2D eigenvalue weighted by molar-refractivity contribution is 7.90. The first kappa shape index (κ1) is 33.0. The van der Waals surface area contributed by atoms with Gasteiger partial charge in [0.2, 0.25) is 10.0 Å². The summed E-state index contributed by atoms with van der Waals surface area (Å²) in [4.78, 5) is 24.6. The van der Waals surface area contributed by atoms with Crippen LogP contribution in [0.15, 0.2) is 66.7 Å². The summed E-state index contributed by atoms with van der Waals surface area (Å²) >= 11 is 0. The summed E-state index contributed by atoms with van der Waals surface area (Å²) in [6.45, 7) is 3.48. The van der Waals surface area contributed by atoms with Gasteiger partial charge in [-0.3, -0.25) is 4.79 Å². The van der Waals surface area contributed by atoms with Crippen LogP contribution in [0.1, 0.15) is 97.9 Å². The molecule has 2 amide bonds. The molecule has 0 spiro atoms. The zero-order chi connectivity index (χ0) is 31.7. The number of carbonyl (C=O) groups excluding carboxylic acids is 2. The highest BCUT2D eigenvalue weighted by atomic mass is 32.2. The average Bonchev–Trinajstić information content (AvgIpc) is 3.00. The second kappa shape index (κ2) is 15.2. The van der Waals surface area contributed by atoms with Crippen molar-refractivity contribution in [2.24, 2.45) is 5.73 Å². The molecule has 1 saturated carbocycles. The smallest absolute Gasteiger partial charge is 0.404 e. The first-order valence-electron chi connectivity index (χ1n) is 15.3. The first-order valence-corrected chi connectivity index (χ1v) is 16.9. The summed E-state index contributed by atoms with van der Waals surface area (Å²) in [5.74, 6) is -0.319. The number of aliphatic hydroxyl groups excluding tert-OH is 1. The van der Waals surface area contributed by atoms with Gasteiger partial charge in [-0.25, -0.2) is 17.9 Å². The fourth-order valence-electron chi connectivity index (χ4n) is 5.75. The number of nitrogens with two attached hydrogens (primary N) is 1. The summed E-state index contributed by atoms with van der Waals surface area (Å²) in [6, 6.07) is 20.4. The Morgan fingerprint density at radius 3 is 2.36 bits per heavy atom. The Labute approximate surface area is 259 Å². The van der Waals surface area contributed by atoms with E-state index in [2.05, 4.69) is 4.72 Å². The van der Waals surface area contributed by atoms with Gasteiger partial charge in [0.15, 0.2) is 0 Å². The van der Waals surface area contributed by atoms with E-state index in [0.29, 0.717) is 29.7 Å². The minimum atomic E-state index is -3.82. The standard InChI is InChI=1S/C34H42N2O7S/c1-3-18-44(40,41)36-33(38)31-21-25(29(4-2)23-10-8-12-26(19-23)32(37)22-42-34(35)39)16-17-30(31)24-11-9-15-28(20-24)43-27-13-6-5-7-14-27/h8-12,15-17,19-21,27,29,32,37H,3-7,13-14,18,22H2,1-2H3,(H2,35,39)(H,36,38)/t29?,32-/m0/s1. The summed E-state index contributed by atoms with van der Waals surface area (Å²) in [7, 11) is -3.82. The quantitative estimate of drug-likeness (QED) is 0.206. The van der Waals surface area contributed by atoms with Crippen LogP contribution < -0.4 is 15.2 Å². The first-order chi connectivity index (χ1) is 21.1. The lowest BCUT2D eigenvalue weighted by Gasteiger charge is -2.23. The van der Waals surface area contributed by atoms with Crippen molar-refractivity contribution in [1.29, 1.82) is 0 Å². The fourth-order valence-corrected chi connectivity index (χ4v) is 6.78. The van der Waals surface area contributed by atoms with E-state index >= 15 is 0 Å². The van der Waals surface area contributed by atoms with Crippen molar-refractivity contribution in [2.45, 2.75) is 76.9 Å². The highest BCUT2D eigenvalue weighted by Crippen LogP contribution is 2.35. The molecule has 0 aliphatic heterocycles. The number of ether oxygens (including phenoxy) is 2. The molecule has 1 unspecified atom stereocenters. The van der Waals surface area contributed by atoms with E-state index in [-0.39, 0.29) is 29.9 Å². The molecule has 3 aromatic rings. The van der Waals surface area contributed by atoms with Crippen molar-refractivity contribution in [3.8, 4) is 16.9 Å². The lowest BCUT2D eigenvalue weighted by Crippen LogP contribution is -2.32. The SMILES string of the molecule is CCCS(=O)(=O)NC(=O)c1cc(C(CC)c2cccc([C@@H](O)COC(N)=O)c2)ccc1-c1cccc(OC2CCCCC2)c1. The molecule has 0 heterocycles. The van der Waals surface area contributed by atoms with Crippen LogP contribution in [0, 0.1) is 0 Å². The average molecular weight is 623 g/mol. The predicted molar refractivity (Wildman–Crippen MR) is 170 cm³/mol. The summed E-state index contributed by atoms with van der Waals surface area (Å²) in [5.41, 5.74) is 8.86. The number of rotatable bonds is 13. The molecule has 4 N–H and O–H groups in total. The van der Waals surface area contributed by atoms with Gasteiger partial charge < -0.3 is 20.3 Å². The van der Waals surface area contributed by atoms with Crippen LogP contribution in [0.25, 0.3) is 11.1 Å². The Balaban J connectivity index is 1.71. The second-order valence-corrected chi connectivity index (χ2v) is 13.1. The van der Waals surface area contributed by atoms with Crippen molar-refractivity contribution in [3.05, 3.63) is 89.0 Å². The maximum atomic E-state index is 13.6. The number of nitrogens with one attached hydrogen (secondary N) is 1. The Morgan fingerprint density at radius 1 is 0.955 bits per heavy atom. The number of hydrogen-bond donors (Lipinski definition) is 3. The molecule has 1 aliphatic rings. The topological polar surface area (TPSA) is 145 Å².